The van der Waals surface area contributed by atoms with Crippen molar-refractivity contribution < 1.29 is 4.74 Å². The Labute approximate surface area is 133 Å². The number of rotatable bonds is 4. The molecule has 22 heavy (non-hydrogen) atoms. The maximum absolute atomic E-state index is 5.86. The molecule has 0 saturated carbocycles. The Kier molecular flexibility index (Phi) is 7.67. The first-order chi connectivity index (χ1) is 10.9. The van der Waals surface area contributed by atoms with E-state index in [0.29, 0.717) is 0 Å². The molecule has 1 heterocycles. The van der Waals surface area contributed by atoms with E-state index >= 15 is 0 Å². The number of hydrogen-bond donors (Lipinski definition) is 1. The summed E-state index contributed by atoms with van der Waals surface area (Å²) in [6, 6.07) is 8.10. The minimum Gasteiger partial charge on any atom is -0.491 e. The summed E-state index contributed by atoms with van der Waals surface area (Å²) in [5.41, 5.74) is 6.47. The summed E-state index contributed by atoms with van der Waals surface area (Å²) < 4.78 is 5.86. The molecule has 0 aliphatic carbocycles. The first-order valence-electron chi connectivity index (χ1n) is 8.38. The lowest BCUT2D eigenvalue weighted by Crippen LogP contribution is -2.08. The quantitative estimate of drug-likeness (QED) is 0.857. The van der Waals surface area contributed by atoms with E-state index in [1.807, 2.05) is 30.5 Å². The normalized spacial score (nSPS) is 19.4. The lowest BCUT2D eigenvalue weighted by atomic mass is 10.1. The van der Waals surface area contributed by atoms with Crippen molar-refractivity contribution in [1.82, 2.24) is 0 Å². The molecule has 120 valence electrons. The topological polar surface area (TPSA) is 60.0 Å². The van der Waals surface area contributed by atoms with Gasteiger partial charge in [-0.3, -0.25) is 9.98 Å². The molecular formula is C18H27N3O. The third-order valence-electron chi connectivity index (χ3n) is 3.74. The van der Waals surface area contributed by atoms with Gasteiger partial charge in [-0.25, -0.2) is 0 Å². The monoisotopic (exact) mass is 301 g/mol. The van der Waals surface area contributed by atoms with Crippen LogP contribution in [-0.2, 0) is 0 Å². The molecule has 2 N–H and O–H groups in total. The van der Waals surface area contributed by atoms with Crippen LogP contribution in [0.1, 0.15) is 44.9 Å². The molecule has 1 atom stereocenters. The first-order valence-corrected chi connectivity index (χ1v) is 8.38. The van der Waals surface area contributed by atoms with Crippen molar-refractivity contribution in [2.45, 2.75) is 51.0 Å². The van der Waals surface area contributed by atoms with E-state index in [0.717, 1.165) is 56.7 Å². The number of para-hydroxylation sites is 2. The Bertz CT molecular complexity index is 485. The molecule has 0 spiro atoms. The fourth-order valence-electron chi connectivity index (χ4n) is 2.44. The van der Waals surface area contributed by atoms with Crippen LogP contribution in [-0.4, -0.2) is 31.6 Å². The van der Waals surface area contributed by atoms with Crippen LogP contribution in [0.15, 0.2) is 34.3 Å². The van der Waals surface area contributed by atoms with E-state index in [1.54, 1.807) is 0 Å². The smallest absolute Gasteiger partial charge is 0.144 e. The van der Waals surface area contributed by atoms with Gasteiger partial charge < -0.3 is 10.5 Å². The van der Waals surface area contributed by atoms with Crippen LogP contribution in [0.4, 0.5) is 5.69 Å². The largest absolute Gasteiger partial charge is 0.491 e. The Hall–Kier alpha value is -1.68. The molecule has 0 unspecified atom stereocenters. The molecule has 1 aliphatic heterocycles. The Balaban J connectivity index is 2.10. The molecule has 1 aromatic rings. The SMILES string of the molecule is NCCCC[C@H]1C=Nc2ccccc2OCCCCCC=N1. The molecule has 0 bridgehead atoms. The van der Waals surface area contributed by atoms with Crippen LogP contribution in [0, 0.1) is 0 Å². The number of nitrogens with two attached hydrogens (primary N) is 1. The number of fused-ring (bicyclic) bond motifs is 1. The maximum Gasteiger partial charge on any atom is 0.144 e. The van der Waals surface area contributed by atoms with Gasteiger partial charge >= 0.3 is 0 Å². The van der Waals surface area contributed by atoms with Gasteiger partial charge in [-0.05, 0) is 69.8 Å². The fourth-order valence-corrected chi connectivity index (χ4v) is 2.44. The number of unbranched alkanes of at least 4 members (excludes halogenated alkanes) is 1. The summed E-state index contributed by atoms with van der Waals surface area (Å²) >= 11 is 0. The van der Waals surface area contributed by atoms with Gasteiger partial charge in [0.15, 0.2) is 0 Å². The minimum absolute atomic E-state index is 0.139. The van der Waals surface area contributed by atoms with Gasteiger partial charge in [0.25, 0.3) is 0 Å². The average molecular weight is 301 g/mol. The maximum atomic E-state index is 5.86. The molecule has 4 heteroatoms. The highest BCUT2D eigenvalue weighted by atomic mass is 16.5. The molecule has 1 aromatic carbocycles. The summed E-state index contributed by atoms with van der Waals surface area (Å²) in [5.74, 6) is 0.864. The van der Waals surface area contributed by atoms with Crippen molar-refractivity contribution in [2.24, 2.45) is 15.7 Å². The average Bonchev–Trinajstić information content (AvgIpc) is 2.56. The first kappa shape index (κ1) is 16.7. The molecule has 2 rings (SSSR count). The Morgan fingerprint density at radius 2 is 2.05 bits per heavy atom. The van der Waals surface area contributed by atoms with Crippen molar-refractivity contribution in [3.63, 3.8) is 0 Å². The van der Waals surface area contributed by atoms with Crippen molar-refractivity contribution in [1.29, 1.82) is 0 Å². The van der Waals surface area contributed by atoms with Crippen LogP contribution < -0.4 is 10.5 Å². The summed E-state index contributed by atoms with van der Waals surface area (Å²) in [4.78, 5) is 9.29. The van der Waals surface area contributed by atoms with Crippen molar-refractivity contribution in [2.75, 3.05) is 13.2 Å². The highest BCUT2D eigenvalue weighted by Gasteiger charge is 2.05. The standard InChI is InChI=1S/C18H27N3O/c19-12-6-5-9-16-15-21-17-10-3-4-11-18(17)22-14-8-2-1-7-13-20-16/h3-4,10-11,13,15-16H,1-2,5-9,12,14,19H2/t16-/m0/s1. The van der Waals surface area contributed by atoms with Crippen LogP contribution in [0.3, 0.4) is 0 Å². The van der Waals surface area contributed by atoms with Gasteiger partial charge in [0.2, 0.25) is 0 Å². The summed E-state index contributed by atoms with van der Waals surface area (Å²) in [7, 11) is 0. The van der Waals surface area contributed by atoms with Gasteiger partial charge in [-0.15, -0.1) is 0 Å². The molecule has 0 radical (unpaired) electrons. The third kappa shape index (κ3) is 5.98. The summed E-state index contributed by atoms with van der Waals surface area (Å²) in [6.07, 6.45) is 11.6. The third-order valence-corrected chi connectivity index (χ3v) is 3.74. The second-order valence-corrected chi connectivity index (χ2v) is 5.63. The van der Waals surface area contributed by atoms with E-state index in [-0.39, 0.29) is 6.04 Å². The fraction of sp³-hybridized carbons (Fsp3) is 0.556. The van der Waals surface area contributed by atoms with E-state index < -0.39 is 0 Å². The number of hydrogen-bond acceptors (Lipinski definition) is 4. The number of aliphatic imine (C=N–C) groups is 2. The van der Waals surface area contributed by atoms with Crippen LogP contribution in [0.2, 0.25) is 0 Å². The number of ether oxygens (including phenoxy) is 1. The zero-order chi connectivity index (χ0) is 15.5. The van der Waals surface area contributed by atoms with Crippen LogP contribution in [0.25, 0.3) is 0 Å². The van der Waals surface area contributed by atoms with E-state index in [9.17, 15) is 0 Å². The molecule has 4 nitrogen and oxygen atoms in total. The zero-order valence-corrected chi connectivity index (χ0v) is 13.3. The zero-order valence-electron chi connectivity index (χ0n) is 13.3. The lowest BCUT2D eigenvalue weighted by molar-refractivity contribution is 0.307. The van der Waals surface area contributed by atoms with Crippen molar-refractivity contribution >= 4 is 18.1 Å². The van der Waals surface area contributed by atoms with Crippen LogP contribution >= 0.6 is 0 Å². The van der Waals surface area contributed by atoms with E-state index in [2.05, 4.69) is 16.2 Å². The Morgan fingerprint density at radius 3 is 2.95 bits per heavy atom. The highest BCUT2D eigenvalue weighted by Crippen LogP contribution is 2.27. The molecule has 1 aliphatic rings. The number of nitrogens with zero attached hydrogens (tertiary/aromatic N) is 2. The van der Waals surface area contributed by atoms with Gasteiger partial charge in [0.1, 0.15) is 11.4 Å². The highest BCUT2D eigenvalue weighted by molar-refractivity contribution is 5.73. The second-order valence-electron chi connectivity index (χ2n) is 5.63. The lowest BCUT2D eigenvalue weighted by Gasteiger charge is -2.09. The second kappa shape index (κ2) is 10.1. The van der Waals surface area contributed by atoms with Gasteiger partial charge in [-0.1, -0.05) is 12.1 Å². The predicted molar refractivity (Wildman–Crippen MR) is 93.7 cm³/mol. The van der Waals surface area contributed by atoms with Gasteiger partial charge in [-0.2, -0.15) is 0 Å². The molecule has 0 saturated heterocycles. The molecule has 0 amide bonds. The Morgan fingerprint density at radius 1 is 1.14 bits per heavy atom. The molecule has 0 aromatic heterocycles. The van der Waals surface area contributed by atoms with Crippen LogP contribution in [0.5, 0.6) is 5.75 Å². The van der Waals surface area contributed by atoms with Crippen molar-refractivity contribution in [3.05, 3.63) is 24.3 Å². The van der Waals surface area contributed by atoms with Gasteiger partial charge in [0.05, 0.1) is 12.6 Å². The van der Waals surface area contributed by atoms with E-state index in [4.69, 9.17) is 10.5 Å². The predicted octanol–water partition coefficient (Wildman–Crippen LogP) is 3.91. The minimum atomic E-state index is 0.139. The summed E-state index contributed by atoms with van der Waals surface area (Å²) in [6.45, 7) is 1.49. The molecule has 0 fully saturated rings. The van der Waals surface area contributed by atoms with Crippen molar-refractivity contribution in [3.8, 4) is 5.75 Å². The number of benzene rings is 1. The van der Waals surface area contributed by atoms with E-state index in [1.165, 1.54) is 12.8 Å². The summed E-state index contributed by atoms with van der Waals surface area (Å²) in [5, 5.41) is 0. The molecular weight excluding hydrogens is 274 g/mol. The van der Waals surface area contributed by atoms with Gasteiger partial charge in [0, 0.05) is 6.21 Å².